The van der Waals surface area contributed by atoms with Gasteiger partial charge in [-0.05, 0) is 98.8 Å². The van der Waals surface area contributed by atoms with Crippen molar-refractivity contribution in [1.29, 1.82) is 5.26 Å². The van der Waals surface area contributed by atoms with Crippen molar-refractivity contribution in [2.75, 3.05) is 0 Å². The summed E-state index contributed by atoms with van der Waals surface area (Å²) in [5.41, 5.74) is 0.915. The van der Waals surface area contributed by atoms with E-state index in [0.29, 0.717) is 17.8 Å². The first-order valence-electron chi connectivity index (χ1n) is 9.29. The zero-order valence-electron chi connectivity index (χ0n) is 14.4. The van der Waals surface area contributed by atoms with Gasteiger partial charge < -0.3 is 0 Å². The highest BCUT2D eigenvalue weighted by atomic mass is 19.2. The third kappa shape index (κ3) is 4.45. The van der Waals surface area contributed by atoms with E-state index in [1.54, 1.807) is 12.1 Å². The van der Waals surface area contributed by atoms with Crippen LogP contribution < -0.4 is 0 Å². The van der Waals surface area contributed by atoms with Crippen LogP contribution in [0.15, 0.2) is 30.1 Å². The molecule has 0 N–H and O–H groups in total. The number of allylic oxidation sites excluding steroid dienone is 2. The van der Waals surface area contributed by atoms with E-state index in [4.69, 9.17) is 5.26 Å². The molecular formula is C21H24F3N. The third-order valence-corrected chi connectivity index (χ3v) is 6.16. The van der Waals surface area contributed by atoms with Crippen LogP contribution in [-0.4, -0.2) is 0 Å². The number of benzene rings is 1. The van der Waals surface area contributed by atoms with Gasteiger partial charge in [0, 0.05) is 0 Å². The zero-order valence-corrected chi connectivity index (χ0v) is 14.4. The Morgan fingerprint density at radius 3 is 2.08 bits per heavy atom. The molecule has 0 spiro atoms. The minimum Gasteiger partial charge on any atom is -0.204 e. The van der Waals surface area contributed by atoms with Crippen LogP contribution in [0.2, 0.25) is 0 Å². The van der Waals surface area contributed by atoms with Crippen LogP contribution in [-0.2, 0) is 0 Å². The summed E-state index contributed by atoms with van der Waals surface area (Å²) in [6, 6.07) is 5.85. The van der Waals surface area contributed by atoms with Gasteiger partial charge in [-0.3, -0.25) is 0 Å². The quantitative estimate of drug-likeness (QED) is 0.579. The fourth-order valence-electron chi connectivity index (χ4n) is 4.72. The number of nitriles is 1. The molecule has 0 unspecified atom stereocenters. The smallest absolute Gasteiger partial charge is 0.196 e. The molecule has 0 aliphatic heterocycles. The van der Waals surface area contributed by atoms with Crippen LogP contribution >= 0.6 is 0 Å². The molecular weight excluding hydrogens is 323 g/mol. The van der Waals surface area contributed by atoms with Crippen LogP contribution in [0.25, 0.3) is 0 Å². The highest BCUT2D eigenvalue weighted by Crippen LogP contribution is 2.44. The molecule has 0 radical (unpaired) electrons. The second-order valence-electron chi connectivity index (χ2n) is 7.59. The lowest BCUT2D eigenvalue weighted by Crippen LogP contribution is -2.25. The molecule has 0 atom stereocenters. The second kappa shape index (κ2) is 8.08. The predicted molar refractivity (Wildman–Crippen MR) is 91.3 cm³/mol. The fourth-order valence-corrected chi connectivity index (χ4v) is 4.72. The number of nitrogens with zero attached hydrogens (tertiary/aromatic N) is 1. The summed E-state index contributed by atoms with van der Waals surface area (Å²) in [6.45, 7) is 0. The molecule has 0 bridgehead atoms. The first kappa shape index (κ1) is 18.0. The lowest BCUT2D eigenvalue weighted by Gasteiger charge is -2.37. The van der Waals surface area contributed by atoms with Crippen LogP contribution in [0, 0.1) is 40.7 Å². The van der Waals surface area contributed by atoms with Gasteiger partial charge in [-0.25, -0.2) is 8.78 Å². The summed E-state index contributed by atoms with van der Waals surface area (Å²) in [5, 5.41) is 8.53. The van der Waals surface area contributed by atoms with E-state index >= 15 is 0 Å². The van der Waals surface area contributed by atoms with E-state index in [1.807, 2.05) is 0 Å². The Kier molecular flexibility index (Phi) is 5.83. The van der Waals surface area contributed by atoms with E-state index in [9.17, 15) is 13.2 Å². The van der Waals surface area contributed by atoms with Gasteiger partial charge in [0.05, 0.1) is 0 Å². The molecule has 2 saturated carbocycles. The Bertz CT molecular complexity index is 660. The average molecular weight is 347 g/mol. The van der Waals surface area contributed by atoms with Gasteiger partial charge in [0.25, 0.3) is 0 Å². The summed E-state index contributed by atoms with van der Waals surface area (Å²) >= 11 is 0. The second-order valence-corrected chi connectivity index (χ2v) is 7.59. The maximum atomic E-state index is 13.4. The topological polar surface area (TPSA) is 23.8 Å². The fraction of sp³-hybridized carbons (Fsp3) is 0.571. The number of hydrogen-bond donors (Lipinski definition) is 0. The summed E-state index contributed by atoms with van der Waals surface area (Å²) in [7, 11) is 0. The zero-order chi connectivity index (χ0) is 17.8. The maximum absolute atomic E-state index is 13.4. The normalized spacial score (nSPS) is 30.7. The molecule has 3 rings (SSSR count). The molecule has 0 aromatic heterocycles. The molecule has 2 fully saturated rings. The van der Waals surface area contributed by atoms with E-state index in [-0.39, 0.29) is 5.92 Å². The SMILES string of the molecule is N#CC(F)=CC1CCC(C2CCC(c3ccc(F)c(F)c3)CC2)CC1. The monoisotopic (exact) mass is 347 g/mol. The highest BCUT2D eigenvalue weighted by Gasteiger charge is 2.31. The van der Waals surface area contributed by atoms with Gasteiger partial charge in [0.2, 0.25) is 0 Å². The standard InChI is InChI=1S/C21H24F3N/c22-19(13-25)11-14-1-3-15(4-2-14)16-5-7-17(8-6-16)18-9-10-20(23)21(24)12-18/h9-12,14-17H,1-8H2. The molecule has 4 heteroatoms. The Hall–Kier alpha value is -1.76. The van der Waals surface area contributed by atoms with Crippen molar-refractivity contribution >= 4 is 0 Å². The Morgan fingerprint density at radius 2 is 1.52 bits per heavy atom. The minimum atomic E-state index is -0.781. The maximum Gasteiger partial charge on any atom is 0.196 e. The average Bonchev–Trinajstić information content (AvgIpc) is 2.65. The van der Waals surface area contributed by atoms with Gasteiger partial charge >= 0.3 is 0 Å². The van der Waals surface area contributed by atoms with Crippen LogP contribution in [0.5, 0.6) is 0 Å². The molecule has 1 nitrogen and oxygen atoms in total. The van der Waals surface area contributed by atoms with Crippen LogP contribution in [0.1, 0.15) is 62.8 Å². The van der Waals surface area contributed by atoms with Crippen molar-refractivity contribution < 1.29 is 13.2 Å². The number of rotatable bonds is 3. The minimum absolute atomic E-state index is 0.203. The molecule has 2 aliphatic carbocycles. The van der Waals surface area contributed by atoms with Crippen LogP contribution in [0.3, 0.4) is 0 Å². The van der Waals surface area contributed by atoms with Crippen molar-refractivity contribution in [3.8, 4) is 6.07 Å². The largest absolute Gasteiger partial charge is 0.204 e. The van der Waals surface area contributed by atoms with E-state index in [2.05, 4.69) is 0 Å². The van der Waals surface area contributed by atoms with Gasteiger partial charge in [-0.15, -0.1) is 0 Å². The van der Waals surface area contributed by atoms with Crippen molar-refractivity contribution in [2.24, 2.45) is 17.8 Å². The Morgan fingerprint density at radius 1 is 0.920 bits per heavy atom. The van der Waals surface area contributed by atoms with Gasteiger partial charge in [0.15, 0.2) is 17.5 Å². The molecule has 25 heavy (non-hydrogen) atoms. The van der Waals surface area contributed by atoms with Gasteiger partial charge in [-0.1, -0.05) is 6.07 Å². The summed E-state index contributed by atoms with van der Waals surface area (Å²) < 4.78 is 39.6. The number of hydrogen-bond acceptors (Lipinski definition) is 1. The lowest BCUT2D eigenvalue weighted by atomic mass is 9.68. The van der Waals surface area contributed by atoms with E-state index in [1.165, 1.54) is 18.2 Å². The first-order valence-corrected chi connectivity index (χ1v) is 9.29. The third-order valence-electron chi connectivity index (χ3n) is 6.16. The molecule has 0 heterocycles. The van der Waals surface area contributed by atoms with E-state index < -0.39 is 17.5 Å². The van der Waals surface area contributed by atoms with E-state index in [0.717, 1.165) is 56.9 Å². The van der Waals surface area contributed by atoms with Crippen molar-refractivity contribution in [3.63, 3.8) is 0 Å². The Labute approximate surface area is 147 Å². The summed E-state index contributed by atoms with van der Waals surface area (Å²) in [4.78, 5) is 0. The van der Waals surface area contributed by atoms with Gasteiger partial charge in [-0.2, -0.15) is 9.65 Å². The molecule has 1 aromatic carbocycles. The van der Waals surface area contributed by atoms with Crippen molar-refractivity contribution in [1.82, 2.24) is 0 Å². The predicted octanol–water partition coefficient (Wildman–Crippen LogP) is 6.42. The first-order chi connectivity index (χ1) is 12.1. The lowest BCUT2D eigenvalue weighted by molar-refractivity contribution is 0.171. The van der Waals surface area contributed by atoms with Crippen molar-refractivity contribution in [3.05, 3.63) is 47.3 Å². The molecule has 2 aliphatic rings. The molecule has 1 aromatic rings. The molecule has 0 saturated heterocycles. The van der Waals surface area contributed by atoms with Crippen molar-refractivity contribution in [2.45, 2.75) is 57.3 Å². The van der Waals surface area contributed by atoms with Crippen LogP contribution in [0.4, 0.5) is 13.2 Å². The summed E-state index contributed by atoms with van der Waals surface area (Å²) in [5.74, 6) is -0.292. The van der Waals surface area contributed by atoms with Gasteiger partial charge in [0.1, 0.15) is 6.07 Å². The Balaban J connectivity index is 1.50. The molecule has 0 amide bonds. The number of halogens is 3. The highest BCUT2D eigenvalue weighted by molar-refractivity contribution is 5.22. The summed E-state index contributed by atoms with van der Waals surface area (Å²) in [6.07, 6.45) is 9.91. The molecule has 134 valence electrons.